The molecular formula is C11H17N3O4. The summed E-state index contributed by atoms with van der Waals surface area (Å²) < 4.78 is 6.47. The number of hydrogen-bond acceptors (Lipinski definition) is 5. The largest absolute Gasteiger partial charge is 0.481 e. The number of ether oxygens (including phenoxy) is 1. The maximum Gasteiger partial charge on any atom is 0.328 e. The van der Waals surface area contributed by atoms with Crippen LogP contribution < -0.4 is 0 Å². The van der Waals surface area contributed by atoms with Gasteiger partial charge in [0.05, 0.1) is 12.1 Å². The van der Waals surface area contributed by atoms with E-state index in [1.807, 2.05) is 0 Å². The maximum atomic E-state index is 11.5. The first-order valence-electron chi connectivity index (χ1n) is 5.59. The molecule has 0 aliphatic carbocycles. The van der Waals surface area contributed by atoms with Gasteiger partial charge in [0.15, 0.2) is 0 Å². The molecule has 100 valence electrons. The minimum absolute atomic E-state index is 0.00880. The molecule has 1 aromatic rings. The third-order valence-electron chi connectivity index (χ3n) is 1.89. The van der Waals surface area contributed by atoms with Crippen LogP contribution >= 0.6 is 0 Å². The van der Waals surface area contributed by atoms with Gasteiger partial charge in [0, 0.05) is 12.6 Å². The fourth-order valence-electron chi connectivity index (χ4n) is 1.27. The Labute approximate surface area is 105 Å². The third kappa shape index (κ3) is 5.42. The number of aryl methyl sites for hydroxylation is 1. The van der Waals surface area contributed by atoms with Gasteiger partial charge in [-0.3, -0.25) is 9.59 Å². The molecule has 0 saturated heterocycles. The highest BCUT2D eigenvalue weighted by Gasteiger charge is 2.17. The maximum absolute atomic E-state index is 11.5. The molecule has 0 atom stereocenters. The van der Waals surface area contributed by atoms with Crippen molar-refractivity contribution in [1.29, 1.82) is 0 Å². The number of hydrogen-bond donors (Lipinski definition) is 1. The van der Waals surface area contributed by atoms with Gasteiger partial charge in [-0.25, -0.2) is 4.68 Å². The number of carbonyl (C=O) groups excluding carboxylic acids is 1. The van der Waals surface area contributed by atoms with Crippen molar-refractivity contribution in [1.82, 2.24) is 15.0 Å². The molecule has 0 aliphatic rings. The van der Waals surface area contributed by atoms with E-state index in [1.165, 1.54) is 4.68 Å². The van der Waals surface area contributed by atoms with Crippen LogP contribution in [0, 0.1) is 0 Å². The Morgan fingerprint density at radius 1 is 1.44 bits per heavy atom. The minimum Gasteiger partial charge on any atom is -0.481 e. The Morgan fingerprint density at radius 3 is 2.67 bits per heavy atom. The van der Waals surface area contributed by atoms with Crippen LogP contribution in [0.3, 0.4) is 0 Å². The van der Waals surface area contributed by atoms with Crippen LogP contribution in [-0.2, 0) is 27.3 Å². The van der Waals surface area contributed by atoms with E-state index in [9.17, 15) is 9.59 Å². The Bertz CT molecular complexity index is 434. The van der Waals surface area contributed by atoms with Crippen LogP contribution in [0.4, 0.5) is 0 Å². The van der Waals surface area contributed by atoms with Crippen molar-refractivity contribution < 1.29 is 19.4 Å². The van der Waals surface area contributed by atoms with E-state index in [4.69, 9.17) is 9.84 Å². The summed E-state index contributed by atoms with van der Waals surface area (Å²) in [6, 6.07) is 0. The molecule has 0 radical (unpaired) electrons. The van der Waals surface area contributed by atoms with Gasteiger partial charge in [-0.2, -0.15) is 0 Å². The van der Waals surface area contributed by atoms with Gasteiger partial charge in [-0.05, 0) is 20.8 Å². The Hall–Kier alpha value is -1.92. The standard InChI is InChI=1S/C11H17N3O4/c1-11(2,3)18-10(17)7-14-6-8(12-13-14)4-5-9(15)16/h6H,4-5,7H2,1-3H3,(H,15,16). The zero-order valence-electron chi connectivity index (χ0n) is 10.7. The van der Waals surface area contributed by atoms with Crippen molar-refractivity contribution >= 4 is 11.9 Å². The zero-order chi connectivity index (χ0) is 13.8. The third-order valence-corrected chi connectivity index (χ3v) is 1.89. The second kappa shape index (κ2) is 5.61. The van der Waals surface area contributed by atoms with Crippen molar-refractivity contribution in [2.75, 3.05) is 0 Å². The summed E-state index contributed by atoms with van der Waals surface area (Å²) in [5.74, 6) is -1.30. The number of carboxylic acids is 1. The molecule has 0 spiro atoms. The monoisotopic (exact) mass is 255 g/mol. The second-order valence-corrected chi connectivity index (χ2v) is 4.89. The van der Waals surface area contributed by atoms with Crippen molar-refractivity contribution in [3.05, 3.63) is 11.9 Å². The number of carbonyl (C=O) groups is 2. The van der Waals surface area contributed by atoms with Gasteiger partial charge < -0.3 is 9.84 Å². The molecule has 0 saturated carbocycles. The Kier molecular flexibility index (Phi) is 4.41. The number of esters is 1. The van der Waals surface area contributed by atoms with Crippen LogP contribution in [0.15, 0.2) is 6.20 Å². The summed E-state index contributed by atoms with van der Waals surface area (Å²) in [5, 5.41) is 16.0. The normalized spacial score (nSPS) is 11.3. The minimum atomic E-state index is -0.892. The Balaban J connectivity index is 2.48. The van der Waals surface area contributed by atoms with Crippen LogP contribution in [-0.4, -0.2) is 37.6 Å². The SMILES string of the molecule is CC(C)(C)OC(=O)Cn1cc(CCC(=O)O)nn1. The fourth-order valence-corrected chi connectivity index (χ4v) is 1.27. The molecule has 0 unspecified atom stereocenters. The lowest BCUT2D eigenvalue weighted by Gasteiger charge is -2.19. The van der Waals surface area contributed by atoms with Crippen LogP contribution in [0.5, 0.6) is 0 Å². The zero-order valence-corrected chi connectivity index (χ0v) is 10.7. The van der Waals surface area contributed by atoms with E-state index >= 15 is 0 Å². The lowest BCUT2D eigenvalue weighted by Crippen LogP contribution is -2.26. The average Bonchev–Trinajstić information content (AvgIpc) is 2.59. The summed E-state index contributed by atoms with van der Waals surface area (Å²) in [4.78, 5) is 21.9. The summed E-state index contributed by atoms with van der Waals surface area (Å²) in [5.41, 5.74) is 0.00466. The van der Waals surface area contributed by atoms with Gasteiger partial charge in [0.25, 0.3) is 0 Å². The molecule has 1 heterocycles. The Morgan fingerprint density at radius 2 is 2.11 bits per heavy atom. The van der Waals surface area contributed by atoms with Crippen LogP contribution in [0.25, 0.3) is 0 Å². The van der Waals surface area contributed by atoms with Crippen molar-refractivity contribution in [3.63, 3.8) is 0 Å². The lowest BCUT2D eigenvalue weighted by atomic mass is 10.2. The van der Waals surface area contributed by atoms with E-state index in [0.29, 0.717) is 12.1 Å². The molecule has 0 aromatic carbocycles. The van der Waals surface area contributed by atoms with Gasteiger partial charge in [0.2, 0.25) is 0 Å². The van der Waals surface area contributed by atoms with Crippen LogP contribution in [0.2, 0.25) is 0 Å². The first-order valence-corrected chi connectivity index (χ1v) is 5.59. The smallest absolute Gasteiger partial charge is 0.328 e. The van der Waals surface area contributed by atoms with E-state index < -0.39 is 17.5 Å². The highest BCUT2D eigenvalue weighted by atomic mass is 16.6. The molecule has 7 nitrogen and oxygen atoms in total. The molecule has 0 fully saturated rings. The first kappa shape index (κ1) is 14.1. The van der Waals surface area contributed by atoms with Crippen molar-refractivity contribution in [3.8, 4) is 0 Å². The number of aliphatic carboxylic acids is 1. The van der Waals surface area contributed by atoms with Crippen molar-refractivity contribution in [2.24, 2.45) is 0 Å². The number of nitrogens with zero attached hydrogens (tertiary/aromatic N) is 3. The molecule has 7 heteroatoms. The molecule has 18 heavy (non-hydrogen) atoms. The molecule has 0 amide bonds. The van der Waals surface area contributed by atoms with E-state index in [2.05, 4.69) is 10.3 Å². The molecule has 1 N–H and O–H groups in total. The second-order valence-electron chi connectivity index (χ2n) is 4.89. The summed E-state index contributed by atoms with van der Waals surface area (Å²) in [7, 11) is 0. The van der Waals surface area contributed by atoms with Crippen molar-refractivity contribution in [2.45, 2.75) is 45.8 Å². The van der Waals surface area contributed by atoms with E-state index in [-0.39, 0.29) is 13.0 Å². The molecular weight excluding hydrogens is 238 g/mol. The highest BCUT2D eigenvalue weighted by Crippen LogP contribution is 2.07. The first-order chi connectivity index (χ1) is 8.26. The summed E-state index contributed by atoms with van der Waals surface area (Å²) >= 11 is 0. The number of carboxylic acid groups (broad SMARTS) is 1. The summed E-state index contributed by atoms with van der Waals surface area (Å²) in [6.07, 6.45) is 1.83. The number of rotatable bonds is 5. The average molecular weight is 255 g/mol. The predicted octanol–water partition coefficient (Wildman–Crippen LogP) is 0.637. The van der Waals surface area contributed by atoms with Gasteiger partial charge >= 0.3 is 11.9 Å². The van der Waals surface area contributed by atoms with Crippen LogP contribution in [0.1, 0.15) is 32.9 Å². The van der Waals surface area contributed by atoms with E-state index in [0.717, 1.165) is 0 Å². The topological polar surface area (TPSA) is 94.3 Å². The summed E-state index contributed by atoms with van der Waals surface area (Å²) in [6.45, 7) is 5.32. The predicted molar refractivity (Wildman–Crippen MR) is 61.8 cm³/mol. The quantitative estimate of drug-likeness (QED) is 0.776. The molecule has 1 aromatic heterocycles. The lowest BCUT2D eigenvalue weighted by molar-refractivity contribution is -0.155. The van der Waals surface area contributed by atoms with Gasteiger partial charge in [-0.15, -0.1) is 5.10 Å². The van der Waals surface area contributed by atoms with E-state index in [1.54, 1.807) is 27.0 Å². The molecule has 0 bridgehead atoms. The molecule has 1 rings (SSSR count). The number of aromatic nitrogens is 3. The highest BCUT2D eigenvalue weighted by molar-refractivity contribution is 5.69. The molecule has 0 aliphatic heterocycles. The van der Waals surface area contributed by atoms with Gasteiger partial charge in [-0.1, -0.05) is 5.21 Å². The van der Waals surface area contributed by atoms with Gasteiger partial charge in [0.1, 0.15) is 12.1 Å². The fraction of sp³-hybridized carbons (Fsp3) is 0.636.